The first-order chi connectivity index (χ1) is 16.7. The smallest absolute Gasteiger partial charge is 0.337 e. The van der Waals surface area contributed by atoms with Crippen LogP contribution in [0.4, 0.5) is 5.69 Å². The molecule has 0 bridgehead atoms. The molecule has 0 radical (unpaired) electrons. The molecular formula is C27H25N5O3. The first-order valence-corrected chi connectivity index (χ1v) is 11.3. The van der Waals surface area contributed by atoms with E-state index in [4.69, 9.17) is 4.98 Å². The Bertz CT molecular complexity index is 1680. The average Bonchev–Trinajstić information content (AvgIpc) is 3.11. The molecule has 176 valence electrons. The number of aryl methyl sites for hydroxylation is 3. The van der Waals surface area contributed by atoms with Crippen LogP contribution in [0.25, 0.3) is 27.8 Å². The van der Waals surface area contributed by atoms with Gasteiger partial charge in [0.25, 0.3) is 5.56 Å². The van der Waals surface area contributed by atoms with Crippen LogP contribution in [0.5, 0.6) is 0 Å². The molecule has 1 atom stereocenters. The Morgan fingerprint density at radius 3 is 2.63 bits per heavy atom. The molecule has 35 heavy (non-hydrogen) atoms. The summed E-state index contributed by atoms with van der Waals surface area (Å²) in [6, 6.07) is 15.9. The van der Waals surface area contributed by atoms with Crippen molar-refractivity contribution in [3.05, 3.63) is 93.5 Å². The molecule has 0 amide bonds. The first-order valence-electron chi connectivity index (χ1n) is 11.3. The van der Waals surface area contributed by atoms with E-state index in [1.807, 2.05) is 56.8 Å². The molecule has 0 unspecified atom stereocenters. The van der Waals surface area contributed by atoms with Gasteiger partial charge in [-0.1, -0.05) is 18.2 Å². The van der Waals surface area contributed by atoms with Crippen molar-refractivity contribution in [1.82, 2.24) is 19.2 Å². The zero-order valence-electron chi connectivity index (χ0n) is 19.9. The Balaban J connectivity index is 1.65. The van der Waals surface area contributed by atoms with E-state index in [-0.39, 0.29) is 17.2 Å². The average molecular weight is 468 g/mol. The molecule has 0 fully saturated rings. The maximum Gasteiger partial charge on any atom is 0.337 e. The lowest BCUT2D eigenvalue weighted by atomic mass is 10.0. The summed E-state index contributed by atoms with van der Waals surface area (Å²) >= 11 is 0. The van der Waals surface area contributed by atoms with E-state index in [0.29, 0.717) is 17.0 Å². The zero-order valence-corrected chi connectivity index (χ0v) is 19.9. The van der Waals surface area contributed by atoms with E-state index in [1.165, 1.54) is 0 Å². The van der Waals surface area contributed by atoms with Gasteiger partial charge in [-0.2, -0.15) is 5.10 Å². The molecule has 3 aromatic heterocycles. The van der Waals surface area contributed by atoms with Crippen LogP contribution in [0.15, 0.2) is 65.6 Å². The van der Waals surface area contributed by atoms with Crippen molar-refractivity contribution in [1.29, 1.82) is 0 Å². The number of hydrogen-bond donors (Lipinski definition) is 2. The maximum atomic E-state index is 13.1. The fraction of sp³-hybridized carbons (Fsp3) is 0.185. The van der Waals surface area contributed by atoms with E-state index in [2.05, 4.69) is 10.4 Å². The standard InChI is InChI=1S/C27H25N5O3/c1-15-11-21(16(2)28-22-8-6-5-7-19(22)27(34)35)26-29-23(13-25(33)32(26)14-15)18-9-10-24-20(12-18)17(3)30-31(24)4/h5-14,16,28H,1-4H3,(H,34,35)/t16-/m1/s1. The van der Waals surface area contributed by atoms with Gasteiger partial charge in [-0.15, -0.1) is 0 Å². The number of pyridine rings is 1. The van der Waals surface area contributed by atoms with Crippen LogP contribution in [0.1, 0.15) is 40.1 Å². The summed E-state index contributed by atoms with van der Waals surface area (Å²) < 4.78 is 3.38. The second kappa shape index (κ2) is 8.39. The van der Waals surface area contributed by atoms with Crippen molar-refractivity contribution in [3.63, 3.8) is 0 Å². The Morgan fingerprint density at radius 1 is 1.09 bits per heavy atom. The third kappa shape index (κ3) is 3.93. The second-order valence-electron chi connectivity index (χ2n) is 8.80. The molecule has 0 saturated heterocycles. The number of para-hydroxylation sites is 1. The number of fused-ring (bicyclic) bond motifs is 2. The Morgan fingerprint density at radius 2 is 1.86 bits per heavy atom. The quantitative estimate of drug-likeness (QED) is 0.387. The van der Waals surface area contributed by atoms with Crippen molar-refractivity contribution in [3.8, 4) is 11.3 Å². The van der Waals surface area contributed by atoms with Crippen LogP contribution in [-0.2, 0) is 7.05 Å². The number of carbonyl (C=O) groups is 1. The summed E-state index contributed by atoms with van der Waals surface area (Å²) in [4.78, 5) is 29.7. The lowest BCUT2D eigenvalue weighted by molar-refractivity contribution is 0.0698. The number of anilines is 1. The highest BCUT2D eigenvalue weighted by molar-refractivity contribution is 5.94. The Hall–Kier alpha value is -4.46. The summed E-state index contributed by atoms with van der Waals surface area (Å²) in [5.74, 6) is -1.01. The van der Waals surface area contributed by atoms with Gasteiger partial charge in [-0.05, 0) is 56.7 Å². The molecule has 0 spiro atoms. The maximum absolute atomic E-state index is 13.1. The van der Waals surface area contributed by atoms with Crippen LogP contribution < -0.4 is 10.9 Å². The number of aromatic nitrogens is 4. The number of nitrogens with one attached hydrogen (secondary N) is 1. The summed E-state index contributed by atoms with van der Waals surface area (Å²) in [5, 5.41) is 18.3. The van der Waals surface area contributed by atoms with Crippen LogP contribution in [0.2, 0.25) is 0 Å². The van der Waals surface area contributed by atoms with E-state index in [1.54, 1.807) is 40.9 Å². The molecule has 8 heteroatoms. The number of aromatic carboxylic acids is 1. The van der Waals surface area contributed by atoms with Crippen molar-refractivity contribution < 1.29 is 9.90 Å². The van der Waals surface area contributed by atoms with Crippen LogP contribution in [-0.4, -0.2) is 30.2 Å². The van der Waals surface area contributed by atoms with Gasteiger partial charge in [-0.3, -0.25) is 13.9 Å². The van der Waals surface area contributed by atoms with Crippen LogP contribution in [0, 0.1) is 13.8 Å². The third-order valence-electron chi connectivity index (χ3n) is 6.25. The monoisotopic (exact) mass is 467 g/mol. The highest BCUT2D eigenvalue weighted by atomic mass is 16.4. The fourth-order valence-corrected chi connectivity index (χ4v) is 4.54. The van der Waals surface area contributed by atoms with Gasteiger partial charge in [0.15, 0.2) is 0 Å². The predicted molar refractivity (Wildman–Crippen MR) is 136 cm³/mol. The lowest BCUT2D eigenvalue weighted by Crippen LogP contribution is -2.19. The molecule has 2 N–H and O–H groups in total. The van der Waals surface area contributed by atoms with Crippen molar-refractivity contribution >= 4 is 28.2 Å². The molecule has 0 saturated carbocycles. The molecule has 8 nitrogen and oxygen atoms in total. The van der Waals surface area contributed by atoms with Gasteiger partial charge >= 0.3 is 5.97 Å². The summed E-state index contributed by atoms with van der Waals surface area (Å²) in [6.45, 7) is 5.80. The molecule has 0 aliphatic carbocycles. The number of rotatable bonds is 5. The van der Waals surface area contributed by atoms with Crippen molar-refractivity contribution in [2.24, 2.45) is 7.05 Å². The van der Waals surface area contributed by atoms with Gasteiger partial charge in [0.05, 0.1) is 28.5 Å². The molecule has 5 aromatic rings. The number of carboxylic acids is 1. The molecule has 0 aliphatic heterocycles. The topological polar surface area (TPSA) is 102 Å². The minimum absolute atomic E-state index is 0.183. The SMILES string of the molecule is Cc1cc([C@@H](C)Nc2ccccc2C(=O)O)c2nc(-c3ccc4c(c3)c(C)nn4C)cc(=O)n2c1. The Labute approximate surface area is 201 Å². The van der Waals surface area contributed by atoms with E-state index < -0.39 is 5.97 Å². The third-order valence-corrected chi connectivity index (χ3v) is 6.25. The predicted octanol–water partition coefficient (Wildman–Crippen LogP) is 4.74. The minimum atomic E-state index is -1.01. The van der Waals surface area contributed by atoms with Crippen LogP contribution in [0.3, 0.4) is 0 Å². The summed E-state index contributed by atoms with van der Waals surface area (Å²) in [6.07, 6.45) is 1.77. The van der Waals surface area contributed by atoms with E-state index >= 15 is 0 Å². The number of carboxylic acid groups (broad SMARTS) is 1. The van der Waals surface area contributed by atoms with E-state index in [9.17, 15) is 14.7 Å². The van der Waals surface area contributed by atoms with Gasteiger partial charge in [0.2, 0.25) is 0 Å². The number of benzene rings is 2. The van der Waals surface area contributed by atoms with Gasteiger partial charge in [0.1, 0.15) is 5.65 Å². The highest BCUT2D eigenvalue weighted by Gasteiger charge is 2.18. The normalized spacial score (nSPS) is 12.2. The summed E-state index contributed by atoms with van der Waals surface area (Å²) in [7, 11) is 1.90. The van der Waals surface area contributed by atoms with Gasteiger partial charge in [-0.25, -0.2) is 9.78 Å². The molecular weight excluding hydrogens is 442 g/mol. The molecule has 0 aliphatic rings. The number of hydrogen-bond acceptors (Lipinski definition) is 5. The number of nitrogens with zero attached hydrogens (tertiary/aromatic N) is 4. The minimum Gasteiger partial charge on any atom is -0.478 e. The largest absolute Gasteiger partial charge is 0.478 e. The fourth-order valence-electron chi connectivity index (χ4n) is 4.54. The first kappa shape index (κ1) is 22.3. The van der Waals surface area contributed by atoms with Crippen LogP contribution >= 0.6 is 0 Å². The van der Waals surface area contributed by atoms with E-state index in [0.717, 1.165) is 33.3 Å². The summed E-state index contributed by atoms with van der Waals surface area (Å²) in [5.41, 5.74) is 6.04. The molecule has 2 aromatic carbocycles. The molecule has 5 rings (SSSR count). The van der Waals surface area contributed by atoms with Gasteiger partial charge in [0, 0.05) is 41.5 Å². The van der Waals surface area contributed by atoms with Crippen molar-refractivity contribution in [2.75, 3.05) is 5.32 Å². The van der Waals surface area contributed by atoms with Crippen molar-refractivity contribution in [2.45, 2.75) is 26.8 Å². The lowest BCUT2D eigenvalue weighted by Gasteiger charge is -2.20. The second-order valence-corrected chi connectivity index (χ2v) is 8.80. The zero-order chi connectivity index (χ0) is 24.9. The Kier molecular flexibility index (Phi) is 5.36. The highest BCUT2D eigenvalue weighted by Crippen LogP contribution is 2.28. The molecule has 3 heterocycles. The van der Waals surface area contributed by atoms with Gasteiger partial charge < -0.3 is 10.4 Å².